The molecule has 0 radical (unpaired) electrons. The molecule has 6 heteroatoms. The molecule has 2 aromatic heterocycles. The number of nitrogens with zero attached hydrogens (tertiary/aromatic N) is 2. The molecule has 2 heterocycles. The van der Waals surface area contributed by atoms with Crippen molar-refractivity contribution in [1.82, 2.24) is 9.97 Å². The first-order valence-corrected chi connectivity index (χ1v) is 8.10. The van der Waals surface area contributed by atoms with Crippen molar-refractivity contribution in [3.8, 4) is 11.4 Å². The second-order valence-corrected chi connectivity index (χ2v) is 5.89. The van der Waals surface area contributed by atoms with Crippen LogP contribution in [0.25, 0.3) is 11.4 Å². The normalized spacial score (nSPS) is 10.7. The average Bonchev–Trinajstić information content (AvgIpc) is 2.94. The van der Waals surface area contributed by atoms with Crippen LogP contribution in [0.15, 0.2) is 16.8 Å². The third-order valence-corrected chi connectivity index (χ3v) is 4.34. The third-order valence-electron chi connectivity index (χ3n) is 2.52. The predicted octanol–water partition coefficient (Wildman–Crippen LogP) is 3.78. The molecule has 0 atom stereocenters. The molecule has 0 aromatic carbocycles. The monoisotopic (exact) mass is 389 g/mol. The number of hydrogen-bond acceptors (Lipinski definition) is 5. The Balaban J connectivity index is 2.41. The highest BCUT2D eigenvalue weighted by Gasteiger charge is 2.13. The molecule has 1 N–H and O–H groups in total. The van der Waals surface area contributed by atoms with Gasteiger partial charge in [0.15, 0.2) is 5.82 Å². The molecular weight excluding hydrogens is 373 g/mol. The summed E-state index contributed by atoms with van der Waals surface area (Å²) in [5.74, 6) is 1.65. The van der Waals surface area contributed by atoms with Crippen molar-refractivity contribution >= 4 is 39.7 Å². The summed E-state index contributed by atoms with van der Waals surface area (Å²) < 4.78 is 6.25. The van der Waals surface area contributed by atoms with E-state index in [0.717, 1.165) is 39.4 Å². The molecule has 0 saturated heterocycles. The zero-order valence-corrected chi connectivity index (χ0v) is 13.9. The van der Waals surface area contributed by atoms with Crippen LogP contribution in [0, 0.1) is 3.57 Å². The lowest BCUT2D eigenvalue weighted by molar-refractivity contribution is 0.181. The van der Waals surface area contributed by atoms with Crippen LogP contribution in [0.2, 0.25) is 0 Å². The lowest BCUT2D eigenvalue weighted by Crippen LogP contribution is -2.09. The summed E-state index contributed by atoms with van der Waals surface area (Å²) in [5.41, 5.74) is 1.98. The van der Waals surface area contributed by atoms with E-state index < -0.39 is 0 Å². The summed E-state index contributed by atoms with van der Waals surface area (Å²) in [5, 5.41) is 7.44. The fraction of sp³-hybridized carbons (Fsp3) is 0.385. The van der Waals surface area contributed by atoms with Gasteiger partial charge in [-0.25, -0.2) is 9.97 Å². The van der Waals surface area contributed by atoms with E-state index in [4.69, 9.17) is 4.74 Å². The first-order valence-electron chi connectivity index (χ1n) is 6.08. The van der Waals surface area contributed by atoms with Gasteiger partial charge in [0, 0.05) is 24.6 Å². The fourth-order valence-electron chi connectivity index (χ4n) is 1.61. The summed E-state index contributed by atoms with van der Waals surface area (Å²) in [6, 6.07) is 2.03. The summed E-state index contributed by atoms with van der Waals surface area (Å²) in [6.45, 7) is 3.54. The quantitative estimate of drug-likeness (QED) is 0.764. The Bertz CT molecular complexity index is 531. The number of anilines is 1. The fourth-order valence-corrected chi connectivity index (χ4v) is 2.83. The van der Waals surface area contributed by atoms with Crippen molar-refractivity contribution in [3.63, 3.8) is 0 Å². The van der Waals surface area contributed by atoms with Gasteiger partial charge in [0.05, 0.1) is 15.9 Å². The SMILES string of the molecule is CCCNc1nc(-c2ccsc2)nc(COC)c1I. The van der Waals surface area contributed by atoms with Crippen LogP contribution in [-0.4, -0.2) is 23.6 Å². The van der Waals surface area contributed by atoms with Crippen LogP contribution in [0.5, 0.6) is 0 Å². The van der Waals surface area contributed by atoms with Gasteiger partial charge in [-0.3, -0.25) is 0 Å². The number of thiophene rings is 1. The van der Waals surface area contributed by atoms with Crippen LogP contribution in [0.4, 0.5) is 5.82 Å². The van der Waals surface area contributed by atoms with Gasteiger partial charge in [-0.2, -0.15) is 11.3 Å². The van der Waals surface area contributed by atoms with Crippen LogP contribution >= 0.6 is 33.9 Å². The molecule has 0 aliphatic heterocycles. The Morgan fingerprint density at radius 2 is 2.26 bits per heavy atom. The van der Waals surface area contributed by atoms with E-state index in [0.29, 0.717) is 6.61 Å². The molecule has 0 saturated carbocycles. The third kappa shape index (κ3) is 3.64. The van der Waals surface area contributed by atoms with Crippen LogP contribution in [0.1, 0.15) is 19.0 Å². The molecule has 0 aliphatic carbocycles. The molecule has 0 unspecified atom stereocenters. The number of aromatic nitrogens is 2. The van der Waals surface area contributed by atoms with E-state index in [-0.39, 0.29) is 0 Å². The molecule has 102 valence electrons. The Hall–Kier alpha value is -0.730. The molecule has 2 aromatic rings. The topological polar surface area (TPSA) is 47.0 Å². The molecule has 0 fully saturated rings. The Kier molecular flexibility index (Phi) is 5.53. The lowest BCUT2D eigenvalue weighted by Gasteiger charge is -2.11. The van der Waals surface area contributed by atoms with E-state index in [2.05, 4.69) is 50.2 Å². The summed E-state index contributed by atoms with van der Waals surface area (Å²) in [7, 11) is 1.68. The van der Waals surface area contributed by atoms with Gasteiger partial charge in [-0.1, -0.05) is 6.92 Å². The van der Waals surface area contributed by atoms with Gasteiger partial charge >= 0.3 is 0 Å². The van der Waals surface area contributed by atoms with Crippen molar-refractivity contribution in [2.45, 2.75) is 20.0 Å². The summed E-state index contributed by atoms with van der Waals surface area (Å²) in [4.78, 5) is 9.21. The van der Waals surface area contributed by atoms with Crippen LogP contribution in [0.3, 0.4) is 0 Å². The largest absolute Gasteiger partial charge is 0.378 e. The van der Waals surface area contributed by atoms with Crippen LogP contribution < -0.4 is 5.32 Å². The van der Waals surface area contributed by atoms with Crippen molar-refractivity contribution < 1.29 is 4.74 Å². The van der Waals surface area contributed by atoms with Crippen molar-refractivity contribution in [3.05, 3.63) is 26.1 Å². The summed E-state index contributed by atoms with van der Waals surface area (Å²) >= 11 is 3.92. The number of ether oxygens (including phenoxy) is 1. The highest BCUT2D eigenvalue weighted by atomic mass is 127. The number of methoxy groups -OCH3 is 1. The molecular formula is C13H16IN3OS. The molecule has 2 rings (SSSR count). The van der Waals surface area contributed by atoms with E-state index in [1.165, 1.54) is 0 Å². The van der Waals surface area contributed by atoms with E-state index in [1.54, 1.807) is 18.4 Å². The molecule has 0 bridgehead atoms. The molecule has 19 heavy (non-hydrogen) atoms. The lowest BCUT2D eigenvalue weighted by atomic mass is 10.3. The predicted molar refractivity (Wildman–Crippen MR) is 87.6 cm³/mol. The second kappa shape index (κ2) is 7.16. The minimum absolute atomic E-state index is 0.499. The first kappa shape index (κ1) is 14.7. The number of rotatable bonds is 6. The van der Waals surface area contributed by atoms with Crippen molar-refractivity contribution in [2.75, 3.05) is 19.0 Å². The van der Waals surface area contributed by atoms with Gasteiger partial charge in [0.25, 0.3) is 0 Å². The Morgan fingerprint density at radius 1 is 1.42 bits per heavy atom. The zero-order valence-electron chi connectivity index (χ0n) is 10.9. The zero-order chi connectivity index (χ0) is 13.7. The van der Waals surface area contributed by atoms with E-state index in [1.807, 2.05) is 11.4 Å². The van der Waals surface area contributed by atoms with Gasteiger partial charge in [0.1, 0.15) is 5.82 Å². The highest BCUT2D eigenvalue weighted by Crippen LogP contribution is 2.25. The smallest absolute Gasteiger partial charge is 0.162 e. The van der Waals surface area contributed by atoms with E-state index in [9.17, 15) is 0 Å². The minimum atomic E-state index is 0.499. The second-order valence-electron chi connectivity index (χ2n) is 4.03. The minimum Gasteiger partial charge on any atom is -0.378 e. The first-order chi connectivity index (χ1) is 9.26. The standard InChI is InChI=1S/C13H16IN3OS/c1-3-5-15-13-11(14)10(7-18-2)16-12(17-13)9-4-6-19-8-9/h4,6,8H,3,5,7H2,1-2H3,(H,15,16,17). The Labute approximate surface area is 130 Å². The summed E-state index contributed by atoms with van der Waals surface area (Å²) in [6.07, 6.45) is 1.06. The number of halogens is 1. The number of nitrogens with one attached hydrogen (secondary N) is 1. The van der Waals surface area contributed by atoms with Crippen molar-refractivity contribution in [2.24, 2.45) is 0 Å². The van der Waals surface area contributed by atoms with Gasteiger partial charge < -0.3 is 10.1 Å². The maximum Gasteiger partial charge on any atom is 0.162 e. The van der Waals surface area contributed by atoms with E-state index >= 15 is 0 Å². The molecule has 0 spiro atoms. The van der Waals surface area contributed by atoms with Gasteiger partial charge in [-0.05, 0) is 40.5 Å². The van der Waals surface area contributed by atoms with Crippen LogP contribution in [-0.2, 0) is 11.3 Å². The molecule has 4 nitrogen and oxygen atoms in total. The number of hydrogen-bond donors (Lipinski definition) is 1. The molecule has 0 amide bonds. The highest BCUT2D eigenvalue weighted by molar-refractivity contribution is 14.1. The molecule has 0 aliphatic rings. The maximum absolute atomic E-state index is 5.22. The maximum atomic E-state index is 5.22. The van der Waals surface area contributed by atoms with Crippen molar-refractivity contribution in [1.29, 1.82) is 0 Å². The van der Waals surface area contributed by atoms with Gasteiger partial charge in [-0.15, -0.1) is 0 Å². The Morgan fingerprint density at radius 3 is 2.89 bits per heavy atom. The average molecular weight is 389 g/mol. The van der Waals surface area contributed by atoms with Gasteiger partial charge in [0.2, 0.25) is 0 Å².